The van der Waals surface area contributed by atoms with E-state index in [0.717, 1.165) is 12.1 Å². The van der Waals surface area contributed by atoms with Gasteiger partial charge in [-0.15, -0.1) is 0 Å². The molecule has 1 unspecified atom stereocenters. The lowest BCUT2D eigenvalue weighted by molar-refractivity contribution is -0.144. The minimum absolute atomic E-state index is 0.175. The Hall–Kier alpha value is -1.56. The molecular weight excluding hydrogens is 271 g/mol. The number of ether oxygens (including phenoxy) is 1. The van der Waals surface area contributed by atoms with Crippen molar-refractivity contribution in [2.24, 2.45) is 0 Å². The monoisotopic (exact) mass is 289 g/mol. The fourth-order valence-electron chi connectivity index (χ4n) is 1.64. The van der Waals surface area contributed by atoms with Gasteiger partial charge in [0.15, 0.2) is 6.10 Å². The van der Waals surface area contributed by atoms with Gasteiger partial charge in [-0.1, -0.05) is 12.1 Å². The van der Waals surface area contributed by atoms with Crippen molar-refractivity contribution in [2.45, 2.75) is 38.7 Å². The summed E-state index contributed by atoms with van der Waals surface area (Å²) in [4.78, 5) is 11.8. The van der Waals surface area contributed by atoms with Crippen LogP contribution in [0.3, 0.4) is 0 Å². The molecule has 0 aliphatic heterocycles. The largest absolute Gasteiger partial charge is 0.416 e. The second-order valence-corrected chi connectivity index (χ2v) is 5.35. The highest BCUT2D eigenvalue weighted by molar-refractivity contribution is 5.82. The number of likely N-dealkylation sites (N-methyl/N-ethyl adjacent to an activating group) is 1. The number of hydrogen-bond acceptors (Lipinski definition) is 2. The second kappa shape index (κ2) is 5.83. The Bertz CT molecular complexity index is 478. The molecule has 0 heterocycles. The SMILES string of the molecule is CNC(=O)C(OC(C)(C)C)c1cccc(C(F)(F)F)c1. The van der Waals surface area contributed by atoms with Crippen LogP contribution < -0.4 is 5.32 Å². The van der Waals surface area contributed by atoms with Crippen molar-refractivity contribution in [3.05, 3.63) is 35.4 Å². The van der Waals surface area contributed by atoms with Crippen LogP contribution in [-0.4, -0.2) is 18.6 Å². The average Bonchev–Trinajstić information content (AvgIpc) is 2.33. The van der Waals surface area contributed by atoms with Crippen LogP contribution in [0, 0.1) is 0 Å². The third-order valence-corrected chi connectivity index (χ3v) is 2.47. The van der Waals surface area contributed by atoms with Crippen molar-refractivity contribution >= 4 is 5.91 Å². The van der Waals surface area contributed by atoms with Gasteiger partial charge in [0, 0.05) is 7.05 Å². The Balaban J connectivity index is 3.18. The summed E-state index contributed by atoms with van der Waals surface area (Å²) in [5, 5.41) is 2.40. The Labute approximate surface area is 116 Å². The molecule has 112 valence electrons. The molecule has 1 aromatic rings. The molecule has 0 saturated heterocycles. The summed E-state index contributed by atoms with van der Waals surface area (Å²) in [6.07, 6.45) is -5.53. The first-order valence-electron chi connectivity index (χ1n) is 6.11. The summed E-state index contributed by atoms with van der Waals surface area (Å²) < 4.78 is 43.7. The third kappa shape index (κ3) is 4.52. The van der Waals surface area contributed by atoms with Gasteiger partial charge >= 0.3 is 6.18 Å². The highest BCUT2D eigenvalue weighted by atomic mass is 19.4. The molecule has 1 N–H and O–H groups in total. The second-order valence-electron chi connectivity index (χ2n) is 5.35. The van der Waals surface area contributed by atoms with Crippen LogP contribution >= 0.6 is 0 Å². The van der Waals surface area contributed by atoms with Gasteiger partial charge in [-0.2, -0.15) is 13.2 Å². The van der Waals surface area contributed by atoms with Crippen LogP contribution in [0.4, 0.5) is 13.2 Å². The number of halogens is 3. The zero-order valence-electron chi connectivity index (χ0n) is 11.8. The van der Waals surface area contributed by atoms with Crippen molar-refractivity contribution in [3.63, 3.8) is 0 Å². The summed E-state index contributed by atoms with van der Waals surface area (Å²) in [5.41, 5.74) is -1.29. The summed E-state index contributed by atoms with van der Waals surface area (Å²) in [7, 11) is 1.41. The van der Waals surface area contributed by atoms with Crippen LogP contribution in [0.25, 0.3) is 0 Å². The smallest absolute Gasteiger partial charge is 0.358 e. The lowest BCUT2D eigenvalue weighted by Crippen LogP contribution is -2.33. The number of amides is 1. The zero-order valence-corrected chi connectivity index (χ0v) is 11.8. The summed E-state index contributed by atoms with van der Waals surface area (Å²) in [6, 6.07) is 4.61. The molecule has 0 saturated carbocycles. The standard InChI is InChI=1S/C14H18F3NO2/c1-13(2,3)20-11(12(19)18-4)9-6-5-7-10(8-9)14(15,16)17/h5-8,11H,1-4H3,(H,18,19). The number of rotatable bonds is 3. The molecule has 0 aliphatic rings. The highest BCUT2D eigenvalue weighted by Crippen LogP contribution is 2.32. The summed E-state index contributed by atoms with van der Waals surface area (Å²) in [6.45, 7) is 5.20. The van der Waals surface area contributed by atoms with E-state index >= 15 is 0 Å². The van der Waals surface area contributed by atoms with E-state index < -0.39 is 29.4 Å². The first kappa shape index (κ1) is 16.5. The van der Waals surface area contributed by atoms with Crippen LogP contribution in [0.2, 0.25) is 0 Å². The summed E-state index contributed by atoms with van der Waals surface area (Å²) in [5.74, 6) is -0.487. The van der Waals surface area contributed by atoms with Gasteiger partial charge < -0.3 is 10.1 Å². The molecule has 20 heavy (non-hydrogen) atoms. The Kier molecular flexibility index (Phi) is 4.81. The van der Waals surface area contributed by atoms with Crippen LogP contribution in [0.1, 0.15) is 38.0 Å². The molecular formula is C14H18F3NO2. The van der Waals surface area contributed by atoms with Gasteiger partial charge in [-0.25, -0.2) is 0 Å². The molecule has 0 spiro atoms. The maximum atomic E-state index is 12.7. The van der Waals surface area contributed by atoms with Gasteiger partial charge in [-0.3, -0.25) is 4.79 Å². The molecule has 1 aromatic carbocycles. The highest BCUT2D eigenvalue weighted by Gasteiger charge is 2.33. The number of carbonyl (C=O) groups excluding carboxylic acids is 1. The maximum Gasteiger partial charge on any atom is 0.416 e. The van der Waals surface area contributed by atoms with E-state index in [1.807, 2.05) is 0 Å². The average molecular weight is 289 g/mol. The first-order valence-corrected chi connectivity index (χ1v) is 6.11. The third-order valence-electron chi connectivity index (χ3n) is 2.47. The van der Waals surface area contributed by atoms with Crippen molar-refractivity contribution in [1.82, 2.24) is 5.32 Å². The lowest BCUT2D eigenvalue weighted by atomic mass is 10.0. The molecule has 0 aromatic heterocycles. The van der Waals surface area contributed by atoms with E-state index in [-0.39, 0.29) is 5.56 Å². The molecule has 0 radical (unpaired) electrons. The number of carbonyl (C=O) groups is 1. The molecule has 1 amide bonds. The first-order chi connectivity index (χ1) is 9.04. The Morgan fingerprint density at radius 1 is 1.25 bits per heavy atom. The normalized spacial score (nSPS) is 13.9. The molecule has 0 aliphatic carbocycles. The zero-order chi connectivity index (χ0) is 15.6. The number of benzene rings is 1. The molecule has 3 nitrogen and oxygen atoms in total. The van der Waals surface area contributed by atoms with Crippen LogP contribution in [0.15, 0.2) is 24.3 Å². The van der Waals surface area contributed by atoms with Gasteiger partial charge in [-0.05, 0) is 38.5 Å². The fourth-order valence-corrected chi connectivity index (χ4v) is 1.64. The summed E-state index contributed by atoms with van der Waals surface area (Å²) >= 11 is 0. The van der Waals surface area contributed by atoms with Crippen molar-refractivity contribution in [3.8, 4) is 0 Å². The van der Waals surface area contributed by atoms with Gasteiger partial charge in [0.05, 0.1) is 11.2 Å². The predicted octanol–water partition coefficient (Wildman–Crippen LogP) is 3.31. The van der Waals surface area contributed by atoms with Crippen molar-refractivity contribution in [1.29, 1.82) is 0 Å². The number of nitrogens with one attached hydrogen (secondary N) is 1. The van der Waals surface area contributed by atoms with E-state index in [4.69, 9.17) is 4.74 Å². The van der Waals surface area contributed by atoms with Crippen LogP contribution in [-0.2, 0) is 15.7 Å². The Morgan fingerprint density at radius 2 is 1.85 bits per heavy atom. The molecule has 1 atom stereocenters. The van der Waals surface area contributed by atoms with E-state index in [1.165, 1.54) is 19.2 Å². The topological polar surface area (TPSA) is 38.3 Å². The van der Waals surface area contributed by atoms with E-state index in [0.29, 0.717) is 0 Å². The Morgan fingerprint density at radius 3 is 2.30 bits per heavy atom. The van der Waals surface area contributed by atoms with Gasteiger partial charge in [0.2, 0.25) is 0 Å². The fraction of sp³-hybridized carbons (Fsp3) is 0.500. The van der Waals surface area contributed by atoms with E-state index in [9.17, 15) is 18.0 Å². The van der Waals surface area contributed by atoms with Crippen molar-refractivity contribution < 1.29 is 22.7 Å². The molecule has 6 heteroatoms. The minimum atomic E-state index is -4.45. The van der Waals surface area contributed by atoms with Crippen molar-refractivity contribution in [2.75, 3.05) is 7.05 Å². The molecule has 1 rings (SSSR count). The number of alkyl halides is 3. The number of hydrogen-bond donors (Lipinski definition) is 1. The van der Waals surface area contributed by atoms with Gasteiger partial charge in [0.25, 0.3) is 5.91 Å². The van der Waals surface area contributed by atoms with Crippen LogP contribution in [0.5, 0.6) is 0 Å². The van der Waals surface area contributed by atoms with E-state index in [2.05, 4.69) is 5.32 Å². The quantitative estimate of drug-likeness (QED) is 0.927. The molecule has 0 bridgehead atoms. The lowest BCUT2D eigenvalue weighted by Gasteiger charge is -2.27. The molecule has 0 fully saturated rings. The maximum absolute atomic E-state index is 12.7. The predicted molar refractivity (Wildman–Crippen MR) is 69.1 cm³/mol. The minimum Gasteiger partial charge on any atom is -0.358 e. The van der Waals surface area contributed by atoms with E-state index in [1.54, 1.807) is 20.8 Å². The van der Waals surface area contributed by atoms with Gasteiger partial charge in [0.1, 0.15) is 0 Å².